The molecule has 1 aliphatic heterocycles. The number of nitrogens with zero attached hydrogens (tertiary/aromatic N) is 4. The minimum Gasteiger partial charge on any atom is -0.493 e. The molecular formula is C17H20N4O3. The lowest BCUT2D eigenvalue weighted by Gasteiger charge is -2.22. The molecule has 0 radical (unpaired) electrons. The normalized spacial score (nSPS) is 17.2. The number of amides is 2. The first kappa shape index (κ1) is 16.0. The third-order valence-electron chi connectivity index (χ3n) is 4.31. The molecule has 3 rings (SSSR count). The van der Waals surface area contributed by atoms with Gasteiger partial charge in [-0.15, -0.1) is 0 Å². The van der Waals surface area contributed by atoms with Crippen LogP contribution in [0.4, 0.5) is 0 Å². The van der Waals surface area contributed by atoms with Crippen LogP contribution in [0.5, 0.6) is 5.75 Å². The van der Waals surface area contributed by atoms with E-state index in [0.29, 0.717) is 18.7 Å². The molecule has 0 N–H and O–H groups in total. The molecule has 7 heteroatoms. The standard InChI is InChI=1S/C17H20N4O3/c1-19-10-9-13(16(19)22)20(2)17(23)15-14(24-3)11-21(18-15)12-7-5-4-6-8-12/h4-8,11,13H,9-10H2,1-3H3. The fourth-order valence-electron chi connectivity index (χ4n) is 2.84. The third-order valence-corrected chi connectivity index (χ3v) is 4.31. The first-order valence-electron chi connectivity index (χ1n) is 7.74. The smallest absolute Gasteiger partial charge is 0.278 e. The molecule has 7 nitrogen and oxygen atoms in total. The van der Waals surface area contributed by atoms with Crippen molar-refractivity contribution in [2.24, 2.45) is 0 Å². The highest BCUT2D eigenvalue weighted by molar-refractivity contribution is 5.98. The molecule has 0 spiro atoms. The second kappa shape index (κ2) is 6.35. The van der Waals surface area contributed by atoms with Crippen molar-refractivity contribution in [1.82, 2.24) is 19.6 Å². The van der Waals surface area contributed by atoms with Crippen molar-refractivity contribution < 1.29 is 14.3 Å². The van der Waals surface area contributed by atoms with Gasteiger partial charge in [0.1, 0.15) is 6.04 Å². The van der Waals surface area contributed by atoms with E-state index in [4.69, 9.17) is 4.74 Å². The van der Waals surface area contributed by atoms with Crippen LogP contribution in [-0.4, -0.2) is 65.2 Å². The Morgan fingerprint density at radius 3 is 2.62 bits per heavy atom. The van der Waals surface area contributed by atoms with E-state index in [1.54, 1.807) is 29.9 Å². The minimum absolute atomic E-state index is 0.0488. The maximum atomic E-state index is 12.8. The summed E-state index contributed by atoms with van der Waals surface area (Å²) in [5.74, 6) is 0.0111. The summed E-state index contributed by atoms with van der Waals surface area (Å²) in [5, 5.41) is 4.36. The van der Waals surface area contributed by atoms with Gasteiger partial charge in [0.05, 0.1) is 19.0 Å². The molecular weight excluding hydrogens is 308 g/mol. The van der Waals surface area contributed by atoms with Crippen LogP contribution in [0.25, 0.3) is 5.69 Å². The highest BCUT2D eigenvalue weighted by Gasteiger charge is 2.36. The maximum Gasteiger partial charge on any atom is 0.278 e. The van der Waals surface area contributed by atoms with E-state index in [1.165, 1.54) is 12.0 Å². The van der Waals surface area contributed by atoms with Crippen LogP contribution in [0.3, 0.4) is 0 Å². The van der Waals surface area contributed by atoms with Crippen LogP contribution in [0.2, 0.25) is 0 Å². The molecule has 1 unspecified atom stereocenters. The van der Waals surface area contributed by atoms with Crippen molar-refractivity contribution in [2.75, 3.05) is 27.7 Å². The summed E-state index contributed by atoms with van der Waals surface area (Å²) in [6, 6.07) is 9.02. The molecule has 1 aromatic carbocycles. The molecule has 0 saturated carbocycles. The van der Waals surface area contributed by atoms with Crippen LogP contribution < -0.4 is 4.74 Å². The summed E-state index contributed by atoms with van der Waals surface area (Å²) >= 11 is 0. The Hall–Kier alpha value is -2.83. The molecule has 2 amide bonds. The lowest BCUT2D eigenvalue weighted by atomic mass is 10.2. The fraction of sp³-hybridized carbons (Fsp3) is 0.353. The van der Waals surface area contributed by atoms with Crippen LogP contribution in [0.1, 0.15) is 16.9 Å². The molecule has 0 bridgehead atoms. The first-order chi connectivity index (χ1) is 11.5. The van der Waals surface area contributed by atoms with E-state index < -0.39 is 6.04 Å². The molecule has 1 atom stereocenters. The van der Waals surface area contributed by atoms with Crippen molar-refractivity contribution in [3.05, 3.63) is 42.2 Å². The van der Waals surface area contributed by atoms with Crippen molar-refractivity contribution in [2.45, 2.75) is 12.5 Å². The van der Waals surface area contributed by atoms with Gasteiger partial charge in [0.25, 0.3) is 5.91 Å². The van der Waals surface area contributed by atoms with Crippen LogP contribution in [0, 0.1) is 0 Å². The summed E-state index contributed by atoms with van der Waals surface area (Å²) in [6.07, 6.45) is 2.29. The second-order valence-corrected chi connectivity index (χ2v) is 5.81. The average Bonchev–Trinajstić information content (AvgIpc) is 3.19. The largest absolute Gasteiger partial charge is 0.493 e. The summed E-state index contributed by atoms with van der Waals surface area (Å²) in [6.45, 7) is 0.650. The van der Waals surface area contributed by atoms with Crippen LogP contribution in [-0.2, 0) is 4.79 Å². The molecule has 2 heterocycles. The van der Waals surface area contributed by atoms with Crippen molar-refractivity contribution in [1.29, 1.82) is 0 Å². The number of para-hydroxylation sites is 1. The molecule has 24 heavy (non-hydrogen) atoms. The van der Waals surface area contributed by atoms with E-state index in [2.05, 4.69) is 5.10 Å². The van der Waals surface area contributed by atoms with Gasteiger partial charge < -0.3 is 14.5 Å². The Labute approximate surface area is 140 Å². The van der Waals surface area contributed by atoms with E-state index >= 15 is 0 Å². The number of hydrogen-bond donors (Lipinski definition) is 0. The number of benzene rings is 1. The Morgan fingerprint density at radius 1 is 1.33 bits per heavy atom. The number of methoxy groups -OCH3 is 1. The Kier molecular flexibility index (Phi) is 4.24. The fourth-order valence-corrected chi connectivity index (χ4v) is 2.84. The van der Waals surface area contributed by atoms with Gasteiger partial charge in [0.15, 0.2) is 11.4 Å². The van der Waals surface area contributed by atoms with Gasteiger partial charge >= 0.3 is 0 Å². The Balaban J connectivity index is 1.89. The topological polar surface area (TPSA) is 67.7 Å². The summed E-state index contributed by atoms with van der Waals surface area (Å²) < 4.78 is 6.90. The van der Waals surface area contributed by atoms with Gasteiger partial charge in [-0.2, -0.15) is 5.10 Å². The lowest BCUT2D eigenvalue weighted by molar-refractivity contribution is -0.130. The van der Waals surface area contributed by atoms with Gasteiger partial charge in [-0.25, -0.2) is 4.68 Å². The number of likely N-dealkylation sites (N-methyl/N-ethyl adjacent to an activating group) is 2. The average molecular weight is 328 g/mol. The number of hydrogen-bond acceptors (Lipinski definition) is 4. The van der Waals surface area contributed by atoms with Crippen molar-refractivity contribution in [3.63, 3.8) is 0 Å². The van der Waals surface area contributed by atoms with Gasteiger partial charge in [0.2, 0.25) is 5.91 Å². The summed E-state index contributed by atoms with van der Waals surface area (Å²) in [5.41, 5.74) is 1.03. The molecule has 1 aromatic heterocycles. The number of carbonyl (C=O) groups is 2. The molecule has 1 aliphatic rings. The summed E-state index contributed by atoms with van der Waals surface area (Å²) in [7, 11) is 4.87. The maximum absolute atomic E-state index is 12.8. The molecule has 1 saturated heterocycles. The van der Waals surface area contributed by atoms with Crippen LogP contribution in [0.15, 0.2) is 36.5 Å². The van der Waals surface area contributed by atoms with Gasteiger partial charge in [-0.3, -0.25) is 9.59 Å². The number of carbonyl (C=O) groups excluding carboxylic acids is 2. The van der Waals surface area contributed by atoms with E-state index in [9.17, 15) is 9.59 Å². The lowest BCUT2D eigenvalue weighted by Crippen LogP contribution is -2.42. The van der Waals surface area contributed by atoms with E-state index in [0.717, 1.165) is 5.69 Å². The predicted octanol–water partition coefficient (Wildman–Crippen LogP) is 1.18. The Bertz CT molecular complexity index is 756. The highest BCUT2D eigenvalue weighted by Crippen LogP contribution is 2.23. The van der Waals surface area contributed by atoms with Gasteiger partial charge in [-0.1, -0.05) is 18.2 Å². The molecule has 126 valence electrons. The van der Waals surface area contributed by atoms with E-state index in [1.807, 2.05) is 30.3 Å². The number of rotatable bonds is 4. The zero-order chi connectivity index (χ0) is 17.3. The number of aromatic nitrogens is 2. The molecule has 1 fully saturated rings. The zero-order valence-electron chi connectivity index (χ0n) is 14.0. The van der Waals surface area contributed by atoms with Gasteiger partial charge in [-0.05, 0) is 18.6 Å². The second-order valence-electron chi connectivity index (χ2n) is 5.81. The molecule has 0 aliphatic carbocycles. The van der Waals surface area contributed by atoms with Gasteiger partial charge in [0, 0.05) is 20.6 Å². The summed E-state index contributed by atoms with van der Waals surface area (Å²) in [4.78, 5) is 28.0. The SMILES string of the molecule is COc1cn(-c2ccccc2)nc1C(=O)N(C)C1CCN(C)C1=O. The monoisotopic (exact) mass is 328 g/mol. The quantitative estimate of drug-likeness (QED) is 0.845. The van der Waals surface area contributed by atoms with E-state index in [-0.39, 0.29) is 17.5 Å². The third kappa shape index (κ3) is 2.73. The number of likely N-dealkylation sites (tertiary alicyclic amines) is 1. The zero-order valence-corrected chi connectivity index (χ0v) is 14.0. The Morgan fingerprint density at radius 2 is 2.04 bits per heavy atom. The predicted molar refractivity (Wildman–Crippen MR) is 88.3 cm³/mol. The van der Waals surface area contributed by atoms with Crippen LogP contribution >= 0.6 is 0 Å². The number of ether oxygens (including phenoxy) is 1. The highest BCUT2D eigenvalue weighted by atomic mass is 16.5. The first-order valence-corrected chi connectivity index (χ1v) is 7.74. The minimum atomic E-state index is -0.450. The van der Waals surface area contributed by atoms with Crippen molar-refractivity contribution in [3.8, 4) is 11.4 Å². The van der Waals surface area contributed by atoms with Crippen molar-refractivity contribution >= 4 is 11.8 Å². The molecule has 2 aromatic rings.